The summed E-state index contributed by atoms with van der Waals surface area (Å²) in [5.41, 5.74) is 1.37. The fraction of sp³-hybridized carbons (Fsp3) is 0.211. The zero-order valence-electron chi connectivity index (χ0n) is 13.7. The van der Waals surface area contributed by atoms with Crippen LogP contribution in [0.25, 0.3) is 0 Å². The average molecular weight is 437 g/mol. The van der Waals surface area contributed by atoms with E-state index in [1.54, 1.807) is 41.3 Å². The molecular weight excluding hydrogens is 422 g/mol. The van der Waals surface area contributed by atoms with E-state index in [0.29, 0.717) is 23.0 Å². The maximum atomic E-state index is 12.2. The number of ketones is 1. The molecule has 0 radical (unpaired) electrons. The summed E-state index contributed by atoms with van der Waals surface area (Å²) in [6.45, 7) is 0.306. The molecule has 0 aromatic heterocycles. The second kappa shape index (κ2) is 8.01. The molecule has 2 aromatic carbocycles. The Labute approximate surface area is 164 Å². The van der Waals surface area contributed by atoms with Crippen LogP contribution in [-0.4, -0.2) is 30.8 Å². The molecule has 0 bridgehead atoms. The summed E-state index contributed by atoms with van der Waals surface area (Å²) in [6, 6.07) is 11.5. The van der Waals surface area contributed by atoms with Crippen LogP contribution in [0.2, 0.25) is 5.02 Å². The normalized spacial score (nSPS) is 13.8. The smallest absolute Gasteiger partial charge is 0.340 e. The number of rotatable bonds is 5. The van der Waals surface area contributed by atoms with Crippen molar-refractivity contribution in [2.45, 2.75) is 12.8 Å². The molecule has 7 heteroatoms. The first-order valence-electron chi connectivity index (χ1n) is 8.01. The summed E-state index contributed by atoms with van der Waals surface area (Å²) in [4.78, 5) is 37.8. The molecule has 0 aliphatic carbocycles. The van der Waals surface area contributed by atoms with E-state index in [0.717, 1.165) is 12.1 Å². The Morgan fingerprint density at radius 3 is 2.54 bits per heavy atom. The van der Waals surface area contributed by atoms with Crippen LogP contribution < -0.4 is 4.90 Å². The minimum atomic E-state index is -0.663. The van der Waals surface area contributed by atoms with Crippen LogP contribution in [0.4, 0.5) is 5.69 Å². The number of ether oxygens (including phenoxy) is 1. The highest BCUT2D eigenvalue weighted by atomic mass is 79.9. The number of amides is 1. The van der Waals surface area contributed by atoms with Gasteiger partial charge >= 0.3 is 5.97 Å². The highest BCUT2D eigenvalue weighted by molar-refractivity contribution is 9.10. The number of halogens is 2. The zero-order chi connectivity index (χ0) is 18.7. The molecule has 1 heterocycles. The molecular formula is C19H15BrClNO4. The molecule has 1 aliphatic heterocycles. The number of anilines is 1. The van der Waals surface area contributed by atoms with Gasteiger partial charge in [0.25, 0.3) is 0 Å². The van der Waals surface area contributed by atoms with Crippen LogP contribution in [-0.2, 0) is 9.53 Å². The third kappa shape index (κ3) is 4.14. The van der Waals surface area contributed by atoms with Crippen molar-refractivity contribution in [2.75, 3.05) is 18.1 Å². The fourth-order valence-electron chi connectivity index (χ4n) is 2.69. The molecule has 1 amide bonds. The SMILES string of the molecule is O=C(COC(=O)c1cc(Br)ccc1Cl)c1ccc(N2CCCC2=O)cc1. The van der Waals surface area contributed by atoms with E-state index in [4.69, 9.17) is 16.3 Å². The Morgan fingerprint density at radius 1 is 1.15 bits per heavy atom. The van der Waals surface area contributed by atoms with Crippen LogP contribution in [0.5, 0.6) is 0 Å². The van der Waals surface area contributed by atoms with Gasteiger partial charge in [-0.2, -0.15) is 0 Å². The topological polar surface area (TPSA) is 63.7 Å². The zero-order valence-corrected chi connectivity index (χ0v) is 16.0. The van der Waals surface area contributed by atoms with E-state index in [1.807, 2.05) is 0 Å². The largest absolute Gasteiger partial charge is 0.454 e. The van der Waals surface area contributed by atoms with Crippen molar-refractivity contribution in [3.05, 3.63) is 63.1 Å². The van der Waals surface area contributed by atoms with Crippen LogP contribution in [0, 0.1) is 0 Å². The van der Waals surface area contributed by atoms with E-state index in [2.05, 4.69) is 15.9 Å². The molecule has 1 aliphatic rings. The highest BCUT2D eigenvalue weighted by Gasteiger charge is 2.22. The van der Waals surface area contributed by atoms with E-state index in [1.165, 1.54) is 6.07 Å². The van der Waals surface area contributed by atoms with Gasteiger partial charge in [-0.3, -0.25) is 9.59 Å². The average Bonchev–Trinajstić information content (AvgIpc) is 3.07. The molecule has 5 nitrogen and oxygen atoms in total. The Hall–Kier alpha value is -2.18. The lowest BCUT2D eigenvalue weighted by Crippen LogP contribution is -2.23. The van der Waals surface area contributed by atoms with E-state index in [9.17, 15) is 14.4 Å². The third-order valence-electron chi connectivity index (χ3n) is 4.06. The maximum absolute atomic E-state index is 12.2. The highest BCUT2D eigenvalue weighted by Crippen LogP contribution is 2.23. The summed E-state index contributed by atoms with van der Waals surface area (Å²) < 4.78 is 5.76. The summed E-state index contributed by atoms with van der Waals surface area (Å²) in [5.74, 6) is -0.906. The van der Waals surface area contributed by atoms with Crippen molar-refractivity contribution in [2.24, 2.45) is 0 Å². The molecule has 0 atom stereocenters. The second-order valence-electron chi connectivity index (χ2n) is 5.82. The number of benzene rings is 2. The number of nitrogens with zero attached hydrogens (tertiary/aromatic N) is 1. The summed E-state index contributed by atoms with van der Waals surface area (Å²) >= 11 is 9.23. The lowest BCUT2D eigenvalue weighted by Gasteiger charge is -2.15. The fourth-order valence-corrected chi connectivity index (χ4v) is 3.25. The second-order valence-corrected chi connectivity index (χ2v) is 7.14. The Bertz CT molecular complexity index is 866. The van der Waals surface area contributed by atoms with Crippen LogP contribution in [0.15, 0.2) is 46.9 Å². The van der Waals surface area contributed by atoms with E-state index >= 15 is 0 Å². The Kier molecular flexibility index (Phi) is 5.74. The molecule has 1 saturated heterocycles. The Morgan fingerprint density at radius 2 is 1.88 bits per heavy atom. The van der Waals surface area contributed by atoms with Crippen molar-refractivity contribution >= 4 is 50.9 Å². The van der Waals surface area contributed by atoms with Gasteiger partial charge in [-0.25, -0.2) is 4.79 Å². The number of hydrogen-bond donors (Lipinski definition) is 0. The van der Waals surface area contributed by atoms with Gasteiger partial charge in [0.15, 0.2) is 12.4 Å². The first-order chi connectivity index (χ1) is 12.5. The molecule has 0 saturated carbocycles. The summed E-state index contributed by atoms with van der Waals surface area (Å²) in [5, 5.41) is 0.255. The molecule has 0 N–H and O–H groups in total. The molecule has 2 aromatic rings. The lowest BCUT2D eigenvalue weighted by atomic mass is 10.1. The van der Waals surface area contributed by atoms with Gasteiger partial charge in [0.2, 0.25) is 5.91 Å². The van der Waals surface area contributed by atoms with E-state index < -0.39 is 5.97 Å². The standard InChI is InChI=1S/C19H15BrClNO4/c20-13-5-8-16(21)15(10-13)19(25)26-11-17(23)12-3-6-14(7-4-12)22-9-1-2-18(22)24/h3-8,10H,1-2,9,11H2. The van der Waals surface area contributed by atoms with Gasteiger partial charge < -0.3 is 9.64 Å². The van der Waals surface area contributed by atoms with Gasteiger partial charge in [0.05, 0.1) is 10.6 Å². The molecule has 3 rings (SSSR count). The number of esters is 1. The molecule has 26 heavy (non-hydrogen) atoms. The van der Waals surface area contributed by atoms with Crippen molar-refractivity contribution in [1.29, 1.82) is 0 Å². The first-order valence-corrected chi connectivity index (χ1v) is 9.18. The monoisotopic (exact) mass is 435 g/mol. The summed E-state index contributed by atoms with van der Waals surface area (Å²) in [6.07, 6.45) is 1.39. The van der Waals surface area contributed by atoms with Gasteiger partial charge in [-0.15, -0.1) is 0 Å². The van der Waals surface area contributed by atoms with Crippen LogP contribution in [0.1, 0.15) is 33.6 Å². The molecule has 1 fully saturated rings. The van der Waals surface area contributed by atoms with Crippen molar-refractivity contribution in [3.63, 3.8) is 0 Å². The molecule has 134 valence electrons. The van der Waals surface area contributed by atoms with Gasteiger partial charge in [0, 0.05) is 28.7 Å². The van der Waals surface area contributed by atoms with Gasteiger partial charge in [-0.1, -0.05) is 27.5 Å². The first kappa shape index (κ1) is 18.6. The van der Waals surface area contributed by atoms with Gasteiger partial charge in [0.1, 0.15) is 0 Å². The van der Waals surface area contributed by atoms with Crippen LogP contribution in [0.3, 0.4) is 0 Å². The number of hydrogen-bond acceptors (Lipinski definition) is 4. The number of Topliss-reactive ketones (excluding diaryl/α,β-unsaturated/α-hetero) is 1. The lowest BCUT2D eigenvalue weighted by molar-refractivity contribution is -0.117. The third-order valence-corrected chi connectivity index (χ3v) is 4.88. The summed E-state index contributed by atoms with van der Waals surface area (Å²) in [7, 11) is 0. The van der Waals surface area contributed by atoms with Crippen molar-refractivity contribution in [3.8, 4) is 0 Å². The van der Waals surface area contributed by atoms with Crippen molar-refractivity contribution in [1.82, 2.24) is 0 Å². The quantitative estimate of drug-likeness (QED) is 0.519. The van der Waals surface area contributed by atoms with E-state index in [-0.39, 0.29) is 28.9 Å². The predicted molar refractivity (Wildman–Crippen MR) is 102 cm³/mol. The predicted octanol–water partition coefficient (Wildman–Crippen LogP) is 4.27. The van der Waals surface area contributed by atoms with Crippen molar-refractivity contribution < 1.29 is 19.1 Å². The molecule has 0 spiro atoms. The minimum absolute atomic E-state index is 0.0870. The maximum Gasteiger partial charge on any atom is 0.340 e. The van der Waals surface area contributed by atoms with Crippen LogP contribution >= 0.6 is 27.5 Å². The number of carbonyl (C=O) groups excluding carboxylic acids is 3. The number of carbonyl (C=O) groups is 3. The molecule has 0 unspecified atom stereocenters. The Balaban J connectivity index is 1.62. The minimum Gasteiger partial charge on any atom is -0.454 e. The van der Waals surface area contributed by atoms with Gasteiger partial charge in [-0.05, 0) is 48.9 Å².